The van der Waals surface area contributed by atoms with Crippen molar-refractivity contribution in [2.24, 2.45) is 5.92 Å². The highest BCUT2D eigenvalue weighted by Gasteiger charge is 2.26. The fraction of sp³-hybridized carbons (Fsp3) is 0.562. The number of hydrogen-bond donors (Lipinski definition) is 1. The van der Waals surface area contributed by atoms with Gasteiger partial charge in [-0.25, -0.2) is 0 Å². The average molecular weight is 318 g/mol. The van der Waals surface area contributed by atoms with Gasteiger partial charge in [-0.2, -0.15) is 5.26 Å². The predicted octanol–water partition coefficient (Wildman–Crippen LogP) is 2.78. The fourth-order valence-electron chi connectivity index (χ4n) is 3.19. The molecule has 1 aromatic rings. The van der Waals surface area contributed by atoms with E-state index in [1.807, 2.05) is 0 Å². The van der Waals surface area contributed by atoms with Crippen LogP contribution >= 0.6 is 11.3 Å². The van der Waals surface area contributed by atoms with E-state index in [1.165, 1.54) is 16.2 Å². The molecule has 0 saturated heterocycles. The molecule has 1 aromatic heterocycles. The van der Waals surface area contributed by atoms with Gasteiger partial charge < -0.3 is 10.1 Å². The lowest BCUT2D eigenvalue weighted by Gasteiger charge is -2.09. The zero-order valence-corrected chi connectivity index (χ0v) is 13.1. The number of nitriles is 1. The summed E-state index contributed by atoms with van der Waals surface area (Å²) in [4.78, 5) is 24.9. The third-order valence-electron chi connectivity index (χ3n) is 4.32. The highest BCUT2D eigenvalue weighted by Crippen LogP contribution is 2.38. The number of carbonyl (C=O) groups is 2. The van der Waals surface area contributed by atoms with E-state index in [-0.39, 0.29) is 24.4 Å². The number of ether oxygens (including phenoxy) is 1. The van der Waals surface area contributed by atoms with Crippen molar-refractivity contribution in [2.75, 3.05) is 11.9 Å². The Morgan fingerprint density at radius 3 is 2.77 bits per heavy atom. The lowest BCUT2D eigenvalue weighted by molar-refractivity contribution is -0.151. The lowest BCUT2D eigenvalue weighted by atomic mass is 10.1. The zero-order valence-electron chi connectivity index (χ0n) is 12.3. The Labute approximate surface area is 133 Å². The van der Waals surface area contributed by atoms with Crippen molar-refractivity contribution < 1.29 is 14.3 Å². The van der Waals surface area contributed by atoms with E-state index in [2.05, 4.69) is 11.4 Å². The van der Waals surface area contributed by atoms with Crippen LogP contribution < -0.4 is 5.32 Å². The molecular formula is C16H18N2O3S. The highest BCUT2D eigenvalue weighted by molar-refractivity contribution is 7.16. The van der Waals surface area contributed by atoms with Gasteiger partial charge in [0, 0.05) is 4.88 Å². The van der Waals surface area contributed by atoms with Crippen LogP contribution in [0.25, 0.3) is 0 Å². The molecule has 0 spiro atoms. The number of rotatable bonds is 4. The molecule has 5 nitrogen and oxygen atoms in total. The van der Waals surface area contributed by atoms with Crippen molar-refractivity contribution in [1.82, 2.24) is 0 Å². The smallest absolute Gasteiger partial charge is 0.309 e. The standard InChI is InChI=1S/C16H18N2O3S/c17-8-12-11-6-3-7-13(11)22-15(12)18-14(19)9-21-16(20)10-4-1-2-5-10/h10H,1-7,9H2,(H,18,19). The molecule has 0 bridgehead atoms. The van der Waals surface area contributed by atoms with Crippen molar-refractivity contribution in [3.63, 3.8) is 0 Å². The minimum absolute atomic E-state index is 0.0481. The number of nitrogens with one attached hydrogen (secondary N) is 1. The first-order valence-corrected chi connectivity index (χ1v) is 8.52. The molecule has 6 heteroatoms. The molecule has 0 atom stereocenters. The van der Waals surface area contributed by atoms with Crippen LogP contribution in [0.2, 0.25) is 0 Å². The minimum Gasteiger partial charge on any atom is -0.455 e. The number of aryl methyl sites for hydroxylation is 1. The van der Waals surface area contributed by atoms with Gasteiger partial charge in [0.1, 0.15) is 11.1 Å². The van der Waals surface area contributed by atoms with E-state index in [9.17, 15) is 14.9 Å². The molecule has 0 unspecified atom stereocenters. The molecule has 116 valence electrons. The van der Waals surface area contributed by atoms with Gasteiger partial charge in [0.15, 0.2) is 6.61 Å². The molecule has 1 saturated carbocycles. The number of carbonyl (C=O) groups excluding carboxylic acids is 2. The molecular weight excluding hydrogens is 300 g/mol. The van der Waals surface area contributed by atoms with Gasteiger partial charge in [-0.1, -0.05) is 12.8 Å². The predicted molar refractivity (Wildman–Crippen MR) is 82.6 cm³/mol. The first-order valence-electron chi connectivity index (χ1n) is 7.70. The van der Waals surface area contributed by atoms with Crippen LogP contribution in [-0.4, -0.2) is 18.5 Å². The second-order valence-corrected chi connectivity index (χ2v) is 6.92. The molecule has 2 aliphatic rings. The van der Waals surface area contributed by atoms with Crippen molar-refractivity contribution in [3.05, 3.63) is 16.0 Å². The maximum absolute atomic E-state index is 11.9. The third-order valence-corrected chi connectivity index (χ3v) is 5.53. The topological polar surface area (TPSA) is 79.2 Å². The highest BCUT2D eigenvalue weighted by atomic mass is 32.1. The van der Waals surface area contributed by atoms with Crippen molar-refractivity contribution in [3.8, 4) is 6.07 Å². The van der Waals surface area contributed by atoms with Crippen LogP contribution in [0, 0.1) is 17.2 Å². The van der Waals surface area contributed by atoms with Crippen LogP contribution in [0.5, 0.6) is 0 Å². The Balaban J connectivity index is 1.56. The number of hydrogen-bond acceptors (Lipinski definition) is 5. The van der Waals surface area contributed by atoms with E-state index in [0.29, 0.717) is 10.6 Å². The number of fused-ring (bicyclic) bond motifs is 1. The second-order valence-electron chi connectivity index (χ2n) is 5.81. The number of nitrogens with zero attached hydrogens (tertiary/aromatic N) is 1. The van der Waals surface area contributed by atoms with Gasteiger partial charge in [-0.15, -0.1) is 11.3 Å². The molecule has 0 aliphatic heterocycles. The second kappa shape index (κ2) is 6.49. The Morgan fingerprint density at radius 2 is 2.05 bits per heavy atom. The van der Waals surface area contributed by atoms with Gasteiger partial charge >= 0.3 is 5.97 Å². The summed E-state index contributed by atoms with van der Waals surface area (Å²) in [5, 5.41) is 12.6. The number of esters is 1. The Bertz CT molecular complexity index is 639. The largest absolute Gasteiger partial charge is 0.455 e. The van der Waals surface area contributed by atoms with Gasteiger partial charge in [0.2, 0.25) is 0 Å². The third kappa shape index (κ3) is 3.00. The van der Waals surface area contributed by atoms with Crippen LogP contribution in [0.4, 0.5) is 5.00 Å². The fourth-order valence-corrected chi connectivity index (χ4v) is 4.45. The SMILES string of the molecule is N#Cc1c(NC(=O)COC(=O)C2CCCC2)sc2c1CCC2. The molecule has 22 heavy (non-hydrogen) atoms. The first kappa shape index (κ1) is 15.0. The lowest BCUT2D eigenvalue weighted by Crippen LogP contribution is -2.23. The molecule has 1 N–H and O–H groups in total. The molecule has 0 aromatic carbocycles. The Kier molecular flexibility index (Phi) is 4.44. The Morgan fingerprint density at radius 1 is 1.27 bits per heavy atom. The van der Waals surface area contributed by atoms with Gasteiger partial charge in [0.05, 0.1) is 11.5 Å². The van der Waals surface area contributed by atoms with Gasteiger partial charge in [-0.3, -0.25) is 9.59 Å². The average Bonchev–Trinajstić information content (AvgIpc) is 3.21. The number of amides is 1. The van der Waals surface area contributed by atoms with Crippen LogP contribution in [0.3, 0.4) is 0 Å². The van der Waals surface area contributed by atoms with Gasteiger partial charge in [-0.05, 0) is 37.7 Å². The summed E-state index contributed by atoms with van der Waals surface area (Å²) in [7, 11) is 0. The number of anilines is 1. The maximum atomic E-state index is 11.9. The van der Waals surface area contributed by atoms with E-state index < -0.39 is 0 Å². The summed E-state index contributed by atoms with van der Waals surface area (Å²) < 4.78 is 5.08. The molecule has 1 heterocycles. The minimum atomic E-state index is -0.372. The van der Waals surface area contributed by atoms with Gasteiger partial charge in [0.25, 0.3) is 5.91 Å². The summed E-state index contributed by atoms with van der Waals surface area (Å²) in [5.74, 6) is -0.697. The summed E-state index contributed by atoms with van der Waals surface area (Å²) in [6.07, 6.45) is 6.77. The van der Waals surface area contributed by atoms with Crippen molar-refractivity contribution >= 4 is 28.2 Å². The van der Waals surface area contributed by atoms with E-state index in [4.69, 9.17) is 4.74 Å². The van der Waals surface area contributed by atoms with E-state index >= 15 is 0 Å². The molecule has 1 amide bonds. The van der Waals surface area contributed by atoms with E-state index in [1.54, 1.807) is 0 Å². The zero-order chi connectivity index (χ0) is 15.5. The monoisotopic (exact) mass is 318 g/mol. The molecule has 2 aliphatic carbocycles. The summed E-state index contributed by atoms with van der Waals surface area (Å²) in [6, 6.07) is 2.18. The quantitative estimate of drug-likeness (QED) is 0.866. The molecule has 1 fully saturated rings. The summed E-state index contributed by atoms with van der Waals surface area (Å²) in [5.41, 5.74) is 1.65. The molecule has 3 rings (SSSR count). The number of thiophene rings is 1. The maximum Gasteiger partial charge on any atom is 0.309 e. The molecule has 0 radical (unpaired) electrons. The summed E-state index contributed by atoms with van der Waals surface area (Å²) >= 11 is 1.47. The van der Waals surface area contributed by atoms with Crippen molar-refractivity contribution in [2.45, 2.75) is 44.9 Å². The first-order chi connectivity index (χ1) is 10.7. The Hall–Kier alpha value is -1.87. The van der Waals surface area contributed by atoms with Crippen LogP contribution in [0.15, 0.2) is 0 Å². The summed E-state index contributed by atoms with van der Waals surface area (Å²) in [6.45, 7) is -0.275. The van der Waals surface area contributed by atoms with E-state index in [0.717, 1.165) is 50.5 Å². The van der Waals surface area contributed by atoms with Crippen LogP contribution in [0.1, 0.15) is 48.1 Å². The van der Waals surface area contributed by atoms with Crippen molar-refractivity contribution in [1.29, 1.82) is 5.26 Å². The van der Waals surface area contributed by atoms with Crippen LogP contribution in [-0.2, 0) is 27.2 Å². The normalized spacial score (nSPS) is 17.0.